The molecule has 0 aromatic heterocycles. The van der Waals surface area contributed by atoms with E-state index in [9.17, 15) is 29.4 Å². The summed E-state index contributed by atoms with van der Waals surface area (Å²) < 4.78 is 0. The van der Waals surface area contributed by atoms with Gasteiger partial charge in [-0.1, -0.05) is 13.8 Å². The fraction of sp³-hybridized carbons (Fsp3) is 0.706. The summed E-state index contributed by atoms with van der Waals surface area (Å²) in [6, 6.07) is -4.68. The van der Waals surface area contributed by atoms with Crippen LogP contribution in [0.2, 0.25) is 0 Å². The predicted octanol–water partition coefficient (Wildman–Crippen LogP) is -3.52. The molecule has 0 aliphatic heterocycles. The van der Waals surface area contributed by atoms with E-state index in [0.717, 1.165) is 0 Å². The Hall–Kier alpha value is -2.58. The van der Waals surface area contributed by atoms with Crippen LogP contribution in [-0.4, -0.2) is 82.9 Å². The largest absolute Gasteiger partial charge is 0.480 e. The van der Waals surface area contributed by atoms with E-state index in [0.29, 0.717) is 0 Å². The zero-order chi connectivity index (χ0) is 24.1. The normalized spacial score (nSPS) is 14.6. The van der Waals surface area contributed by atoms with Crippen molar-refractivity contribution >= 4 is 42.3 Å². The molecular formula is C17H33N7O6S. The van der Waals surface area contributed by atoms with Gasteiger partial charge in [-0.05, 0) is 18.8 Å². The molecule has 0 aliphatic carbocycles. The number of aliphatic hydroxyl groups is 1. The number of aliphatic hydroxyl groups excluding tert-OH is 1. The van der Waals surface area contributed by atoms with Gasteiger partial charge in [0.2, 0.25) is 17.7 Å². The van der Waals surface area contributed by atoms with Crippen LogP contribution in [-0.2, 0) is 19.2 Å². The lowest BCUT2D eigenvalue weighted by molar-refractivity contribution is -0.142. The van der Waals surface area contributed by atoms with Crippen molar-refractivity contribution in [3.63, 3.8) is 0 Å². The van der Waals surface area contributed by atoms with Gasteiger partial charge in [0.1, 0.15) is 18.1 Å². The number of hydrogen-bond acceptors (Lipinski definition) is 8. The van der Waals surface area contributed by atoms with Crippen LogP contribution in [0.5, 0.6) is 0 Å². The number of guanidine groups is 1. The molecule has 14 heteroatoms. The van der Waals surface area contributed by atoms with E-state index in [1.165, 1.54) is 0 Å². The zero-order valence-corrected chi connectivity index (χ0v) is 18.5. The van der Waals surface area contributed by atoms with Crippen molar-refractivity contribution in [3.05, 3.63) is 0 Å². The summed E-state index contributed by atoms with van der Waals surface area (Å²) in [5.74, 6) is -3.96. The van der Waals surface area contributed by atoms with Crippen LogP contribution in [0.3, 0.4) is 0 Å². The van der Waals surface area contributed by atoms with Gasteiger partial charge in [-0.3, -0.25) is 19.4 Å². The number of aliphatic imine (C=N–C) groups is 1. The first-order valence-electron chi connectivity index (χ1n) is 9.61. The van der Waals surface area contributed by atoms with Crippen molar-refractivity contribution < 1.29 is 29.4 Å². The second-order valence-electron chi connectivity index (χ2n) is 7.11. The molecule has 0 saturated carbocycles. The number of aliphatic carboxylic acids is 1. The fourth-order valence-electron chi connectivity index (χ4n) is 2.26. The molecule has 0 heterocycles. The van der Waals surface area contributed by atoms with Crippen LogP contribution in [0.4, 0.5) is 0 Å². The Bertz CT molecular complexity index is 657. The highest BCUT2D eigenvalue weighted by Gasteiger charge is 2.29. The molecule has 0 rings (SSSR count). The van der Waals surface area contributed by atoms with Crippen molar-refractivity contribution in [3.8, 4) is 0 Å². The van der Waals surface area contributed by atoms with E-state index in [4.69, 9.17) is 17.2 Å². The second kappa shape index (κ2) is 14.4. The van der Waals surface area contributed by atoms with Crippen LogP contribution in [0.1, 0.15) is 26.7 Å². The number of carbonyl (C=O) groups excluding carboxylic acids is 3. The standard InChI is InChI=1S/C17H33N7O6S/c1-8(2)12(18)15(28)24-11(7-31)14(27)23-10(6-25)13(26)22-9(16(29)30)4-3-5-21-17(19)20/h8-12,25,31H,3-7,18H2,1-2H3,(H,22,26)(H,23,27)(H,24,28)(H,29,30)(H4,19,20,21). The van der Waals surface area contributed by atoms with E-state index in [1.807, 2.05) is 0 Å². The number of rotatable bonds is 14. The molecule has 0 aromatic rings. The van der Waals surface area contributed by atoms with Gasteiger partial charge >= 0.3 is 5.97 Å². The van der Waals surface area contributed by atoms with Gasteiger partial charge in [-0.15, -0.1) is 0 Å². The zero-order valence-electron chi connectivity index (χ0n) is 17.6. The van der Waals surface area contributed by atoms with Crippen LogP contribution in [0.15, 0.2) is 4.99 Å². The van der Waals surface area contributed by atoms with Gasteiger partial charge in [0, 0.05) is 12.3 Å². The number of carboxylic acid groups (broad SMARTS) is 1. The fourth-order valence-corrected chi connectivity index (χ4v) is 2.52. The number of hydrogen-bond donors (Lipinski definition) is 9. The van der Waals surface area contributed by atoms with Crippen molar-refractivity contribution in [1.29, 1.82) is 0 Å². The Morgan fingerprint density at radius 3 is 1.94 bits per heavy atom. The number of nitrogens with two attached hydrogens (primary N) is 3. The van der Waals surface area contributed by atoms with Crippen molar-refractivity contribution in [2.45, 2.75) is 50.9 Å². The summed E-state index contributed by atoms with van der Waals surface area (Å²) in [6.45, 7) is 2.85. The summed E-state index contributed by atoms with van der Waals surface area (Å²) in [7, 11) is 0. The van der Waals surface area contributed by atoms with Crippen LogP contribution in [0.25, 0.3) is 0 Å². The lowest BCUT2D eigenvalue weighted by Crippen LogP contribution is -2.59. The Morgan fingerprint density at radius 2 is 1.48 bits per heavy atom. The average Bonchev–Trinajstić information content (AvgIpc) is 2.70. The number of nitrogens with zero attached hydrogens (tertiary/aromatic N) is 1. The summed E-state index contributed by atoms with van der Waals surface area (Å²) in [6.07, 6.45) is 0.293. The molecule has 3 amide bonds. The average molecular weight is 464 g/mol. The molecule has 4 atom stereocenters. The third-order valence-corrected chi connectivity index (χ3v) is 4.58. The smallest absolute Gasteiger partial charge is 0.326 e. The quantitative estimate of drug-likeness (QED) is 0.0536. The number of thiol groups is 1. The highest BCUT2D eigenvalue weighted by atomic mass is 32.1. The van der Waals surface area contributed by atoms with E-state index in [2.05, 4.69) is 33.6 Å². The van der Waals surface area contributed by atoms with Gasteiger partial charge in [-0.25, -0.2) is 4.79 Å². The van der Waals surface area contributed by atoms with Gasteiger partial charge in [-0.2, -0.15) is 12.6 Å². The summed E-state index contributed by atoms with van der Waals surface area (Å²) in [5.41, 5.74) is 16.1. The van der Waals surface area contributed by atoms with Crippen molar-refractivity contribution in [2.75, 3.05) is 18.9 Å². The minimum atomic E-state index is -1.44. The molecule has 0 aliphatic rings. The maximum absolute atomic E-state index is 12.4. The monoisotopic (exact) mass is 463 g/mol. The molecule has 0 fully saturated rings. The van der Waals surface area contributed by atoms with E-state index >= 15 is 0 Å². The third kappa shape index (κ3) is 10.8. The minimum Gasteiger partial charge on any atom is -0.480 e. The molecule has 0 radical (unpaired) electrons. The topological polar surface area (TPSA) is 235 Å². The van der Waals surface area contributed by atoms with Crippen LogP contribution >= 0.6 is 12.6 Å². The number of carbonyl (C=O) groups is 4. The first kappa shape index (κ1) is 28.4. The maximum atomic E-state index is 12.4. The number of nitrogens with one attached hydrogen (secondary N) is 3. The maximum Gasteiger partial charge on any atom is 0.326 e. The number of amides is 3. The first-order chi connectivity index (χ1) is 14.4. The van der Waals surface area contributed by atoms with Gasteiger partial charge < -0.3 is 43.4 Å². The Labute approximate surface area is 186 Å². The molecule has 0 aromatic carbocycles. The molecular weight excluding hydrogens is 430 g/mol. The Kier molecular flexibility index (Phi) is 13.2. The van der Waals surface area contributed by atoms with Crippen LogP contribution < -0.4 is 33.2 Å². The molecule has 0 spiro atoms. The van der Waals surface area contributed by atoms with Crippen molar-refractivity contribution in [1.82, 2.24) is 16.0 Å². The summed E-state index contributed by atoms with van der Waals surface area (Å²) >= 11 is 4.01. The number of carboxylic acids is 1. The molecule has 13 nitrogen and oxygen atoms in total. The molecule has 31 heavy (non-hydrogen) atoms. The summed E-state index contributed by atoms with van der Waals surface area (Å²) in [4.78, 5) is 51.9. The van der Waals surface area contributed by atoms with E-state index < -0.39 is 54.5 Å². The van der Waals surface area contributed by atoms with Crippen LogP contribution in [0, 0.1) is 5.92 Å². The van der Waals surface area contributed by atoms with Gasteiger partial charge in [0.05, 0.1) is 12.6 Å². The lowest BCUT2D eigenvalue weighted by Gasteiger charge is -2.24. The van der Waals surface area contributed by atoms with Crippen molar-refractivity contribution in [2.24, 2.45) is 28.1 Å². The third-order valence-electron chi connectivity index (χ3n) is 4.21. The minimum absolute atomic E-state index is 0.0202. The second-order valence-corrected chi connectivity index (χ2v) is 7.47. The first-order valence-corrected chi connectivity index (χ1v) is 10.2. The molecule has 0 bridgehead atoms. The highest BCUT2D eigenvalue weighted by molar-refractivity contribution is 7.80. The van der Waals surface area contributed by atoms with E-state index in [1.54, 1.807) is 13.8 Å². The highest BCUT2D eigenvalue weighted by Crippen LogP contribution is 2.02. The molecule has 11 N–H and O–H groups in total. The molecule has 0 saturated heterocycles. The SMILES string of the molecule is CC(C)C(N)C(=O)NC(CS)C(=O)NC(CO)C(=O)NC(CCCN=C(N)N)C(=O)O. The molecule has 178 valence electrons. The lowest BCUT2D eigenvalue weighted by atomic mass is 10.0. The summed E-state index contributed by atoms with van der Waals surface area (Å²) in [5, 5.41) is 25.7. The van der Waals surface area contributed by atoms with E-state index in [-0.39, 0.29) is 37.0 Å². The Balaban J connectivity index is 4.97. The Morgan fingerprint density at radius 1 is 0.968 bits per heavy atom. The predicted molar refractivity (Wildman–Crippen MR) is 117 cm³/mol. The van der Waals surface area contributed by atoms with Gasteiger partial charge in [0.25, 0.3) is 0 Å². The molecule has 4 unspecified atom stereocenters. The van der Waals surface area contributed by atoms with Gasteiger partial charge in [0.15, 0.2) is 5.96 Å².